The smallest absolute Gasteiger partial charge is 0.234 e. The van der Waals surface area contributed by atoms with Crippen molar-refractivity contribution < 1.29 is 19.8 Å². The summed E-state index contributed by atoms with van der Waals surface area (Å²) < 4.78 is 0. The quantitative estimate of drug-likeness (QED) is 0.522. The van der Waals surface area contributed by atoms with Crippen molar-refractivity contribution in [1.29, 1.82) is 0 Å². The predicted octanol–water partition coefficient (Wildman–Crippen LogP) is -0.319. The molecular weight excluding hydrogens is 222 g/mol. The fourth-order valence-corrected chi connectivity index (χ4v) is 2.52. The zero-order valence-corrected chi connectivity index (χ0v) is 9.80. The first-order chi connectivity index (χ1) is 8.05. The lowest BCUT2D eigenvalue weighted by Crippen LogP contribution is -2.55. The normalized spacial score (nSPS) is 28.8. The molecule has 2 aliphatic rings. The minimum atomic E-state index is -1.19. The molecule has 1 fully saturated rings. The number of allylic oxidation sites excluding steroid dienone is 2. The van der Waals surface area contributed by atoms with Gasteiger partial charge in [-0.1, -0.05) is 12.2 Å². The van der Waals surface area contributed by atoms with E-state index in [9.17, 15) is 19.8 Å². The third-order valence-corrected chi connectivity index (χ3v) is 3.73. The first-order valence-corrected chi connectivity index (χ1v) is 5.80. The van der Waals surface area contributed by atoms with E-state index in [0.29, 0.717) is 12.8 Å². The zero-order valence-electron chi connectivity index (χ0n) is 9.80. The first-order valence-electron chi connectivity index (χ1n) is 5.80. The Hall–Kier alpha value is -1.20. The van der Waals surface area contributed by atoms with Crippen LogP contribution in [0.2, 0.25) is 0 Å². The Kier molecular flexibility index (Phi) is 3.05. The zero-order chi connectivity index (χ0) is 12.6. The van der Waals surface area contributed by atoms with Crippen LogP contribution < -0.4 is 0 Å². The fourth-order valence-electron chi connectivity index (χ4n) is 2.52. The molecule has 1 saturated heterocycles. The van der Waals surface area contributed by atoms with E-state index in [1.807, 2.05) is 12.2 Å². The van der Waals surface area contributed by atoms with Gasteiger partial charge in [0, 0.05) is 0 Å². The molecule has 94 valence electrons. The number of hydrogen-bond acceptors (Lipinski definition) is 4. The molecule has 0 aromatic heterocycles. The van der Waals surface area contributed by atoms with Gasteiger partial charge >= 0.3 is 0 Å². The van der Waals surface area contributed by atoms with E-state index < -0.39 is 18.8 Å². The molecule has 1 aliphatic carbocycles. The monoisotopic (exact) mass is 239 g/mol. The highest BCUT2D eigenvalue weighted by Crippen LogP contribution is 2.38. The van der Waals surface area contributed by atoms with E-state index in [2.05, 4.69) is 0 Å². The third kappa shape index (κ3) is 1.70. The Labute approximate surface area is 99.7 Å². The van der Waals surface area contributed by atoms with Crippen LogP contribution in [0.3, 0.4) is 0 Å². The van der Waals surface area contributed by atoms with Crippen molar-refractivity contribution in [3.63, 3.8) is 0 Å². The van der Waals surface area contributed by atoms with E-state index in [1.54, 1.807) is 0 Å². The molecule has 5 nitrogen and oxygen atoms in total. The number of aliphatic hydroxyl groups excluding tert-OH is 2. The van der Waals surface area contributed by atoms with Gasteiger partial charge in [-0.3, -0.25) is 14.5 Å². The van der Waals surface area contributed by atoms with E-state index >= 15 is 0 Å². The van der Waals surface area contributed by atoms with Crippen LogP contribution in [0.15, 0.2) is 12.2 Å². The molecular formula is C12H17NO4. The number of carbonyl (C=O) groups is 2. The van der Waals surface area contributed by atoms with Crippen LogP contribution in [0.1, 0.15) is 19.8 Å². The summed E-state index contributed by atoms with van der Waals surface area (Å²) in [6.07, 6.45) is 4.95. The topological polar surface area (TPSA) is 77.8 Å². The second-order valence-corrected chi connectivity index (χ2v) is 4.98. The summed E-state index contributed by atoms with van der Waals surface area (Å²) in [5.74, 6) is -1.17. The van der Waals surface area contributed by atoms with Crippen LogP contribution in [-0.4, -0.2) is 45.7 Å². The van der Waals surface area contributed by atoms with Crippen LogP contribution in [0.25, 0.3) is 0 Å². The minimum Gasteiger partial charge on any atom is -0.394 e. The van der Waals surface area contributed by atoms with Crippen molar-refractivity contribution in [2.45, 2.75) is 25.3 Å². The van der Waals surface area contributed by atoms with E-state index in [0.717, 1.165) is 4.90 Å². The largest absolute Gasteiger partial charge is 0.394 e. The van der Waals surface area contributed by atoms with Crippen molar-refractivity contribution in [2.24, 2.45) is 11.8 Å². The molecule has 2 atom stereocenters. The summed E-state index contributed by atoms with van der Waals surface area (Å²) in [5, 5.41) is 18.6. The molecule has 0 aromatic rings. The van der Waals surface area contributed by atoms with Gasteiger partial charge in [-0.2, -0.15) is 0 Å². The number of rotatable bonds is 3. The molecule has 2 amide bonds. The highest BCUT2D eigenvalue weighted by atomic mass is 16.3. The average molecular weight is 239 g/mol. The van der Waals surface area contributed by atoms with Crippen molar-refractivity contribution in [3.05, 3.63) is 12.2 Å². The van der Waals surface area contributed by atoms with Gasteiger partial charge < -0.3 is 10.2 Å². The van der Waals surface area contributed by atoms with Gasteiger partial charge in [0.05, 0.1) is 30.6 Å². The van der Waals surface area contributed by atoms with Gasteiger partial charge in [-0.15, -0.1) is 0 Å². The second-order valence-electron chi connectivity index (χ2n) is 4.98. The van der Waals surface area contributed by atoms with E-state index in [1.165, 1.54) is 6.92 Å². The van der Waals surface area contributed by atoms with Crippen LogP contribution >= 0.6 is 0 Å². The lowest BCUT2D eigenvalue weighted by molar-refractivity contribution is -0.150. The Morgan fingerprint density at radius 1 is 1.18 bits per heavy atom. The molecule has 0 spiro atoms. The summed E-state index contributed by atoms with van der Waals surface area (Å²) in [6.45, 7) is 0.676. The van der Waals surface area contributed by atoms with Gasteiger partial charge in [0.25, 0.3) is 0 Å². The molecule has 17 heavy (non-hydrogen) atoms. The number of imide groups is 1. The lowest BCUT2D eigenvalue weighted by atomic mass is 9.85. The number of amides is 2. The van der Waals surface area contributed by atoms with Crippen molar-refractivity contribution in [3.8, 4) is 0 Å². The number of carbonyl (C=O) groups excluding carboxylic acids is 2. The Balaban J connectivity index is 2.32. The van der Waals surface area contributed by atoms with Gasteiger partial charge in [0.2, 0.25) is 11.8 Å². The highest BCUT2D eigenvalue weighted by molar-refractivity contribution is 6.06. The maximum absolute atomic E-state index is 12.2. The van der Waals surface area contributed by atoms with Crippen LogP contribution in [0, 0.1) is 11.8 Å². The van der Waals surface area contributed by atoms with Gasteiger partial charge in [-0.05, 0) is 19.8 Å². The molecule has 0 unspecified atom stereocenters. The van der Waals surface area contributed by atoms with Crippen LogP contribution in [-0.2, 0) is 9.59 Å². The molecule has 1 heterocycles. The van der Waals surface area contributed by atoms with Gasteiger partial charge in [-0.25, -0.2) is 0 Å². The number of hydrogen-bond donors (Lipinski definition) is 2. The Bertz CT molecular complexity index is 347. The number of nitrogens with zero attached hydrogens (tertiary/aromatic N) is 1. The SMILES string of the molecule is CC(CO)(CO)N1C(=O)[C@H]2CC=CC[C@H]2C1=O. The third-order valence-electron chi connectivity index (χ3n) is 3.73. The first kappa shape index (κ1) is 12.3. The van der Waals surface area contributed by atoms with Crippen LogP contribution in [0.5, 0.6) is 0 Å². The number of likely N-dealkylation sites (tertiary alicyclic amines) is 1. The van der Waals surface area contributed by atoms with Crippen molar-refractivity contribution in [1.82, 2.24) is 4.90 Å². The molecule has 0 radical (unpaired) electrons. The standard InChI is InChI=1S/C12H17NO4/c1-12(6-14,7-15)13-10(16)8-4-2-3-5-9(8)11(13)17/h2-3,8-9,14-15H,4-7H2,1H3/t8-,9+. The molecule has 2 N–H and O–H groups in total. The van der Waals surface area contributed by atoms with Crippen molar-refractivity contribution >= 4 is 11.8 Å². The number of fused-ring (bicyclic) bond motifs is 1. The Morgan fingerprint density at radius 2 is 1.59 bits per heavy atom. The van der Waals surface area contributed by atoms with E-state index in [-0.39, 0.29) is 23.7 Å². The molecule has 2 rings (SSSR count). The summed E-state index contributed by atoms with van der Waals surface area (Å²) in [4.78, 5) is 25.4. The molecule has 5 heteroatoms. The predicted molar refractivity (Wildman–Crippen MR) is 59.8 cm³/mol. The maximum Gasteiger partial charge on any atom is 0.234 e. The fraction of sp³-hybridized carbons (Fsp3) is 0.667. The summed E-state index contributed by atoms with van der Waals surface area (Å²) in [7, 11) is 0. The van der Waals surface area contributed by atoms with Gasteiger partial charge in [0.1, 0.15) is 0 Å². The Morgan fingerprint density at radius 3 is 1.94 bits per heavy atom. The summed E-state index contributed by atoms with van der Waals surface area (Å²) in [5.41, 5.74) is -1.19. The molecule has 0 aromatic carbocycles. The average Bonchev–Trinajstić information content (AvgIpc) is 2.62. The summed E-state index contributed by atoms with van der Waals surface area (Å²) in [6, 6.07) is 0. The highest BCUT2D eigenvalue weighted by Gasteiger charge is 2.53. The molecule has 1 aliphatic heterocycles. The lowest BCUT2D eigenvalue weighted by Gasteiger charge is -2.34. The maximum atomic E-state index is 12.2. The molecule has 0 saturated carbocycles. The molecule has 0 bridgehead atoms. The van der Waals surface area contributed by atoms with Gasteiger partial charge in [0.15, 0.2) is 0 Å². The van der Waals surface area contributed by atoms with Crippen molar-refractivity contribution in [2.75, 3.05) is 13.2 Å². The second kappa shape index (κ2) is 4.23. The summed E-state index contributed by atoms with van der Waals surface area (Å²) >= 11 is 0. The minimum absolute atomic E-state index is 0.269. The van der Waals surface area contributed by atoms with E-state index in [4.69, 9.17) is 0 Å². The van der Waals surface area contributed by atoms with Crippen LogP contribution in [0.4, 0.5) is 0 Å². The number of aliphatic hydroxyl groups is 2.